The van der Waals surface area contributed by atoms with Gasteiger partial charge in [-0.25, -0.2) is 14.6 Å². The van der Waals surface area contributed by atoms with Gasteiger partial charge in [0.1, 0.15) is 17.0 Å². The number of nitrogens with one attached hydrogen (secondary N) is 2. The van der Waals surface area contributed by atoms with Crippen molar-refractivity contribution in [2.45, 2.75) is 45.1 Å². The molecule has 2 N–H and O–H groups in total. The molecule has 0 radical (unpaired) electrons. The van der Waals surface area contributed by atoms with Crippen molar-refractivity contribution >= 4 is 35.2 Å². The van der Waals surface area contributed by atoms with Gasteiger partial charge in [0.15, 0.2) is 0 Å². The van der Waals surface area contributed by atoms with E-state index in [2.05, 4.69) is 33.5 Å². The van der Waals surface area contributed by atoms with Crippen LogP contribution in [0.15, 0.2) is 29.9 Å². The average molecular weight is 465 g/mol. The van der Waals surface area contributed by atoms with Crippen LogP contribution in [-0.2, 0) is 19.1 Å². The highest BCUT2D eigenvalue weighted by molar-refractivity contribution is 7.09. The first-order chi connectivity index (χ1) is 14.9. The lowest BCUT2D eigenvalue weighted by molar-refractivity contribution is -0.137. The summed E-state index contributed by atoms with van der Waals surface area (Å²) < 4.78 is 9.84. The van der Waals surface area contributed by atoms with Crippen molar-refractivity contribution in [2.24, 2.45) is 0 Å². The van der Waals surface area contributed by atoms with Crippen molar-refractivity contribution in [1.82, 2.24) is 20.5 Å². The van der Waals surface area contributed by atoms with Crippen LogP contribution in [-0.4, -0.2) is 59.6 Å². The van der Waals surface area contributed by atoms with E-state index in [1.54, 1.807) is 10.3 Å². The maximum Gasteiger partial charge on any atom is 0.410 e. The van der Waals surface area contributed by atoms with Crippen LogP contribution < -0.4 is 10.6 Å². The molecule has 0 aromatic carbocycles. The van der Waals surface area contributed by atoms with E-state index in [1.165, 1.54) is 11.3 Å². The second-order valence-corrected chi connectivity index (χ2v) is 9.06. The number of hydrogen-bond donors (Lipinski definition) is 2. The van der Waals surface area contributed by atoms with Crippen LogP contribution in [0.1, 0.15) is 55.0 Å². The summed E-state index contributed by atoms with van der Waals surface area (Å²) in [6, 6.07) is 0. The Bertz CT molecular complexity index is 925. The number of amides is 3. The number of thiazole rings is 1. The second-order valence-electron chi connectivity index (χ2n) is 8.17. The maximum atomic E-state index is 12.4. The fourth-order valence-corrected chi connectivity index (χ4v) is 3.83. The Hall–Kier alpha value is -3.21. The molecule has 0 saturated carbocycles. The van der Waals surface area contributed by atoms with Crippen LogP contribution >= 0.6 is 11.3 Å². The molecule has 11 heteroatoms. The maximum absolute atomic E-state index is 12.4. The lowest BCUT2D eigenvalue weighted by Crippen LogP contribution is -2.41. The Morgan fingerprint density at radius 2 is 1.75 bits per heavy atom. The van der Waals surface area contributed by atoms with Crippen molar-refractivity contribution in [3.05, 3.63) is 40.6 Å². The highest BCUT2D eigenvalue weighted by Crippen LogP contribution is 2.31. The molecule has 2 rings (SSSR count). The van der Waals surface area contributed by atoms with Crippen LogP contribution in [0.5, 0.6) is 0 Å². The number of likely N-dealkylation sites (tertiary alicyclic amines) is 1. The van der Waals surface area contributed by atoms with Crippen LogP contribution in [0.25, 0.3) is 0 Å². The molecule has 174 valence electrons. The zero-order valence-corrected chi connectivity index (χ0v) is 19.5. The number of esters is 1. The molecule has 1 fully saturated rings. The van der Waals surface area contributed by atoms with Gasteiger partial charge in [-0.3, -0.25) is 9.59 Å². The Kier molecular flexibility index (Phi) is 8.14. The fraction of sp³-hybridized carbons (Fsp3) is 0.476. The molecule has 3 amide bonds. The Morgan fingerprint density at radius 3 is 2.31 bits per heavy atom. The molecule has 1 aromatic heterocycles. The molecule has 0 atom stereocenters. The lowest BCUT2D eigenvalue weighted by Gasteiger charge is -2.32. The standard InChI is InChI=1S/C21H28N4O6S/c1-12(16(26)23-13(2)19(28)30-6)22-17(27)15-11-32-18(24-15)14-7-9-25(10-8-14)20(29)31-21(3,4)5/h11,14H,1-2,7-10H2,3-6H3,(H,22,27)(H,23,26). The third-order valence-electron chi connectivity index (χ3n) is 4.49. The van der Waals surface area contributed by atoms with Gasteiger partial charge in [-0.1, -0.05) is 13.2 Å². The van der Waals surface area contributed by atoms with E-state index >= 15 is 0 Å². The molecule has 1 aromatic rings. The minimum Gasteiger partial charge on any atom is -0.464 e. The van der Waals surface area contributed by atoms with Crippen molar-refractivity contribution in [3.63, 3.8) is 0 Å². The molecule has 0 bridgehead atoms. The van der Waals surface area contributed by atoms with Crippen LogP contribution in [0, 0.1) is 0 Å². The number of piperidine rings is 1. The van der Waals surface area contributed by atoms with E-state index in [4.69, 9.17) is 4.74 Å². The number of carbonyl (C=O) groups excluding carboxylic acids is 4. The van der Waals surface area contributed by atoms with Gasteiger partial charge in [-0.05, 0) is 33.6 Å². The number of ether oxygens (including phenoxy) is 2. The topological polar surface area (TPSA) is 127 Å². The summed E-state index contributed by atoms with van der Waals surface area (Å²) in [6.45, 7) is 13.4. The zero-order chi connectivity index (χ0) is 24.1. The Balaban J connectivity index is 1.88. The van der Waals surface area contributed by atoms with Gasteiger partial charge < -0.3 is 25.0 Å². The molecule has 0 unspecified atom stereocenters. The summed E-state index contributed by atoms with van der Waals surface area (Å²) in [6.07, 6.45) is 1.08. The van der Waals surface area contributed by atoms with E-state index < -0.39 is 23.4 Å². The monoisotopic (exact) mass is 464 g/mol. The van der Waals surface area contributed by atoms with Crippen molar-refractivity contribution in [3.8, 4) is 0 Å². The first-order valence-electron chi connectivity index (χ1n) is 9.93. The van der Waals surface area contributed by atoms with E-state index in [9.17, 15) is 19.2 Å². The molecular weight excluding hydrogens is 436 g/mol. The quantitative estimate of drug-likeness (QED) is 0.488. The molecule has 10 nitrogen and oxygen atoms in total. The molecule has 2 heterocycles. The van der Waals surface area contributed by atoms with Gasteiger partial charge >= 0.3 is 12.1 Å². The number of nitrogens with zero attached hydrogens (tertiary/aromatic N) is 2. The highest BCUT2D eigenvalue weighted by atomic mass is 32.1. The van der Waals surface area contributed by atoms with E-state index in [0.29, 0.717) is 25.9 Å². The highest BCUT2D eigenvalue weighted by Gasteiger charge is 2.29. The summed E-state index contributed by atoms with van der Waals surface area (Å²) in [5.41, 5.74) is -0.930. The molecule has 32 heavy (non-hydrogen) atoms. The average Bonchev–Trinajstić information content (AvgIpc) is 3.22. The first kappa shape index (κ1) is 25.1. The fourth-order valence-electron chi connectivity index (χ4n) is 2.86. The normalized spacial score (nSPS) is 14.3. The summed E-state index contributed by atoms with van der Waals surface area (Å²) in [7, 11) is 1.15. The van der Waals surface area contributed by atoms with Crippen LogP contribution in [0.3, 0.4) is 0 Å². The molecule has 1 aliphatic heterocycles. The summed E-state index contributed by atoms with van der Waals surface area (Å²) >= 11 is 1.34. The van der Waals surface area contributed by atoms with E-state index in [1.807, 2.05) is 20.8 Å². The van der Waals surface area contributed by atoms with Crippen molar-refractivity contribution in [2.75, 3.05) is 20.2 Å². The van der Waals surface area contributed by atoms with Crippen molar-refractivity contribution < 1.29 is 28.7 Å². The Morgan fingerprint density at radius 1 is 1.12 bits per heavy atom. The molecule has 1 saturated heterocycles. The molecular formula is C21H28N4O6S. The number of hydrogen-bond acceptors (Lipinski definition) is 8. The minimum absolute atomic E-state index is 0.120. The smallest absolute Gasteiger partial charge is 0.410 e. The Labute approximate surface area is 190 Å². The predicted molar refractivity (Wildman–Crippen MR) is 118 cm³/mol. The van der Waals surface area contributed by atoms with Gasteiger partial charge in [0, 0.05) is 24.4 Å². The van der Waals surface area contributed by atoms with E-state index in [-0.39, 0.29) is 29.1 Å². The van der Waals surface area contributed by atoms with E-state index in [0.717, 1.165) is 12.1 Å². The summed E-state index contributed by atoms with van der Waals surface area (Å²) in [5.74, 6) is -2.07. The molecule has 0 aliphatic carbocycles. The molecule has 1 aliphatic rings. The molecule has 0 spiro atoms. The van der Waals surface area contributed by atoms with Crippen LogP contribution in [0.2, 0.25) is 0 Å². The zero-order valence-electron chi connectivity index (χ0n) is 18.6. The summed E-state index contributed by atoms with van der Waals surface area (Å²) in [4.78, 5) is 54.0. The third-order valence-corrected chi connectivity index (χ3v) is 5.49. The summed E-state index contributed by atoms with van der Waals surface area (Å²) in [5, 5.41) is 6.93. The number of rotatable bonds is 6. The van der Waals surface area contributed by atoms with Crippen LogP contribution in [0.4, 0.5) is 4.79 Å². The largest absolute Gasteiger partial charge is 0.464 e. The van der Waals surface area contributed by atoms with Gasteiger partial charge in [-0.15, -0.1) is 11.3 Å². The third kappa shape index (κ3) is 6.91. The van der Waals surface area contributed by atoms with Gasteiger partial charge in [0.2, 0.25) is 0 Å². The van der Waals surface area contributed by atoms with Gasteiger partial charge in [-0.2, -0.15) is 0 Å². The second kappa shape index (κ2) is 10.4. The predicted octanol–water partition coefficient (Wildman–Crippen LogP) is 2.30. The van der Waals surface area contributed by atoms with Gasteiger partial charge in [0.05, 0.1) is 17.8 Å². The number of aromatic nitrogens is 1. The minimum atomic E-state index is -0.806. The first-order valence-corrected chi connectivity index (χ1v) is 10.8. The van der Waals surface area contributed by atoms with Gasteiger partial charge in [0.25, 0.3) is 11.8 Å². The number of carbonyl (C=O) groups is 4. The number of methoxy groups -OCH3 is 1. The SMILES string of the molecule is C=C(NC(=O)c1csc(C2CCN(C(=O)OC(C)(C)C)CC2)n1)C(=O)NC(=C)C(=O)OC. The lowest BCUT2D eigenvalue weighted by atomic mass is 9.98. The van der Waals surface area contributed by atoms with Crippen molar-refractivity contribution in [1.29, 1.82) is 0 Å².